The number of aliphatic hydroxyl groups is 2. The summed E-state index contributed by atoms with van der Waals surface area (Å²) in [5, 5.41) is 19.2. The van der Waals surface area contributed by atoms with E-state index in [1.54, 1.807) is 4.57 Å². The van der Waals surface area contributed by atoms with Gasteiger partial charge in [0.15, 0.2) is 11.2 Å². The maximum Gasteiger partial charge on any atom is 0.280 e. The molecule has 21 heavy (non-hydrogen) atoms. The van der Waals surface area contributed by atoms with Crippen LogP contribution < -0.4 is 11.3 Å². The Kier molecular flexibility index (Phi) is 3.81. The van der Waals surface area contributed by atoms with E-state index < -0.39 is 11.7 Å². The molecule has 0 aliphatic heterocycles. The largest absolute Gasteiger partial charge is 0.412 e. The Morgan fingerprint density at radius 1 is 1.57 bits per heavy atom. The smallest absolute Gasteiger partial charge is 0.280 e. The van der Waals surface area contributed by atoms with Gasteiger partial charge in [0.25, 0.3) is 5.56 Å². The zero-order valence-corrected chi connectivity index (χ0v) is 11.2. The lowest BCUT2D eigenvalue weighted by atomic mass is 10.0. The molecule has 0 saturated heterocycles. The molecule has 2 heterocycles. The Hall–Kier alpha value is -2.23. The van der Waals surface area contributed by atoms with Crippen LogP contribution in [-0.2, 0) is 0 Å². The number of imidazole rings is 1. The molecule has 1 saturated carbocycles. The molecule has 1 aliphatic carbocycles. The van der Waals surface area contributed by atoms with Crippen LogP contribution in [0.4, 0.5) is 5.95 Å². The van der Waals surface area contributed by atoms with Gasteiger partial charge in [-0.1, -0.05) is 6.58 Å². The molecule has 2 aromatic heterocycles. The summed E-state index contributed by atoms with van der Waals surface area (Å²) < 4.78 is 1.67. The number of nitrogens with one attached hydrogen (secondary N) is 1. The molecular weight excluding hydrogens is 278 g/mol. The number of nitrogens with zero attached hydrogens (tertiary/aromatic N) is 3. The fourth-order valence-electron chi connectivity index (χ4n) is 2.74. The Bertz CT molecular complexity index is 737. The zero-order chi connectivity index (χ0) is 14.4. The van der Waals surface area contributed by atoms with Crippen molar-refractivity contribution in [3.63, 3.8) is 0 Å². The molecule has 9 nitrogen and oxygen atoms in total. The number of aromatic nitrogens is 4. The summed E-state index contributed by atoms with van der Waals surface area (Å²) in [6, 6.07) is -0.263. The lowest BCUT2D eigenvalue weighted by Gasteiger charge is -2.15. The van der Waals surface area contributed by atoms with E-state index >= 15 is 0 Å². The summed E-state index contributed by atoms with van der Waals surface area (Å²) in [5.41, 5.74) is 6.37. The van der Waals surface area contributed by atoms with Crippen LogP contribution in [0.25, 0.3) is 11.2 Å². The van der Waals surface area contributed by atoms with Crippen LogP contribution in [0.2, 0.25) is 0 Å². The topological polar surface area (TPSA) is 162 Å². The number of H-pyrrole nitrogens is 1. The quantitative estimate of drug-likeness (QED) is 0.485. The third kappa shape index (κ3) is 2.20. The number of nitrogen functional groups attached to an aromatic ring is 1. The first-order valence-electron chi connectivity index (χ1n) is 6.23. The fourth-order valence-corrected chi connectivity index (χ4v) is 2.74. The number of fused-ring (bicyclic) bond motifs is 1. The Morgan fingerprint density at radius 2 is 2.29 bits per heavy atom. The van der Waals surface area contributed by atoms with E-state index in [-0.39, 0.29) is 35.5 Å². The number of hydrogen-bond acceptors (Lipinski definition) is 6. The highest BCUT2D eigenvalue weighted by Crippen LogP contribution is 2.39. The van der Waals surface area contributed by atoms with Gasteiger partial charge in [0.05, 0.1) is 25.1 Å². The van der Waals surface area contributed by atoms with Crippen LogP contribution in [0.1, 0.15) is 12.5 Å². The summed E-state index contributed by atoms with van der Waals surface area (Å²) >= 11 is 0. The molecule has 0 amide bonds. The minimum absolute atomic E-state index is 0. The first kappa shape index (κ1) is 15.2. The van der Waals surface area contributed by atoms with Crippen molar-refractivity contribution in [2.75, 3.05) is 12.3 Å². The zero-order valence-electron chi connectivity index (χ0n) is 11.2. The highest BCUT2D eigenvalue weighted by molar-refractivity contribution is 5.70. The lowest BCUT2D eigenvalue weighted by molar-refractivity contribution is 0.101. The maximum atomic E-state index is 11.7. The molecule has 7 N–H and O–H groups in total. The summed E-state index contributed by atoms with van der Waals surface area (Å²) in [5.74, 6) is -0.371. The number of anilines is 1. The summed E-state index contributed by atoms with van der Waals surface area (Å²) in [7, 11) is 0. The van der Waals surface area contributed by atoms with Gasteiger partial charge in [-0.3, -0.25) is 9.78 Å². The van der Waals surface area contributed by atoms with Gasteiger partial charge >= 0.3 is 0 Å². The van der Waals surface area contributed by atoms with E-state index in [1.165, 1.54) is 6.33 Å². The average Bonchev–Trinajstić information content (AvgIpc) is 2.91. The SMILES string of the molecule is C=C1[C@H](n2cnc3c(=O)[nH]c(N)nc32)C[C@H](O)[C@H]1CO.O. The van der Waals surface area contributed by atoms with Gasteiger partial charge in [-0.15, -0.1) is 0 Å². The second-order valence-corrected chi connectivity index (χ2v) is 4.96. The van der Waals surface area contributed by atoms with Crippen molar-refractivity contribution in [3.05, 3.63) is 28.8 Å². The Balaban J connectivity index is 0.00000161. The third-order valence-electron chi connectivity index (χ3n) is 3.82. The molecule has 0 aromatic carbocycles. The fraction of sp³-hybridized carbons (Fsp3) is 0.417. The van der Waals surface area contributed by atoms with E-state index in [0.717, 1.165) is 0 Å². The van der Waals surface area contributed by atoms with E-state index in [1.807, 2.05) is 0 Å². The molecule has 0 unspecified atom stereocenters. The molecule has 0 radical (unpaired) electrons. The minimum Gasteiger partial charge on any atom is -0.412 e. The minimum atomic E-state index is -0.672. The predicted octanol–water partition coefficient (Wildman–Crippen LogP) is -1.65. The van der Waals surface area contributed by atoms with Crippen LogP contribution in [-0.4, -0.2) is 47.9 Å². The van der Waals surface area contributed by atoms with Crippen LogP contribution >= 0.6 is 0 Å². The van der Waals surface area contributed by atoms with Crippen LogP contribution in [0.15, 0.2) is 23.3 Å². The van der Waals surface area contributed by atoms with Crippen molar-refractivity contribution in [2.45, 2.75) is 18.6 Å². The van der Waals surface area contributed by atoms with Gasteiger partial charge in [-0.2, -0.15) is 4.98 Å². The second-order valence-electron chi connectivity index (χ2n) is 4.96. The first-order valence-corrected chi connectivity index (χ1v) is 6.23. The van der Waals surface area contributed by atoms with Crippen molar-refractivity contribution >= 4 is 17.1 Å². The molecule has 1 aliphatic rings. The number of nitrogens with two attached hydrogens (primary N) is 1. The van der Waals surface area contributed by atoms with Crippen LogP contribution in [0.5, 0.6) is 0 Å². The van der Waals surface area contributed by atoms with Gasteiger partial charge in [0.1, 0.15) is 0 Å². The standard InChI is InChI=1S/C12H15N5O3.H2O/c1-5-6(3-18)8(19)2-7(5)17-4-14-9-10(17)15-12(13)16-11(9)20;/h4,6-8,18-19H,1-3H2,(H3,13,15,16,20);1H2/t6-,7+,8-;/m0./s1. The summed E-state index contributed by atoms with van der Waals surface area (Å²) in [6.45, 7) is 3.76. The number of aliphatic hydroxyl groups excluding tert-OH is 2. The third-order valence-corrected chi connectivity index (χ3v) is 3.82. The van der Waals surface area contributed by atoms with Gasteiger partial charge in [0, 0.05) is 5.92 Å². The second kappa shape index (κ2) is 5.28. The van der Waals surface area contributed by atoms with E-state index in [2.05, 4.69) is 21.5 Å². The molecular formula is C12H17N5O4. The summed E-state index contributed by atoms with van der Waals surface area (Å²) in [4.78, 5) is 22.2. The molecule has 9 heteroatoms. The molecule has 0 bridgehead atoms. The average molecular weight is 295 g/mol. The van der Waals surface area contributed by atoms with E-state index in [9.17, 15) is 15.0 Å². The highest BCUT2D eigenvalue weighted by atomic mass is 16.3. The van der Waals surface area contributed by atoms with Gasteiger partial charge < -0.3 is 26.0 Å². The summed E-state index contributed by atoms with van der Waals surface area (Å²) in [6.07, 6.45) is 1.20. The molecule has 2 aromatic rings. The van der Waals surface area contributed by atoms with Crippen molar-refractivity contribution < 1.29 is 15.7 Å². The van der Waals surface area contributed by atoms with Crippen molar-refractivity contribution in [2.24, 2.45) is 5.92 Å². The molecule has 114 valence electrons. The lowest BCUT2D eigenvalue weighted by Crippen LogP contribution is -2.17. The van der Waals surface area contributed by atoms with Crippen molar-refractivity contribution in [1.82, 2.24) is 19.5 Å². The van der Waals surface area contributed by atoms with Crippen LogP contribution in [0, 0.1) is 5.92 Å². The normalized spacial score (nSPS) is 25.2. The van der Waals surface area contributed by atoms with Crippen LogP contribution in [0.3, 0.4) is 0 Å². The van der Waals surface area contributed by atoms with Gasteiger partial charge in [0.2, 0.25) is 5.95 Å². The van der Waals surface area contributed by atoms with E-state index in [0.29, 0.717) is 17.6 Å². The first-order chi connectivity index (χ1) is 9.52. The number of aromatic amines is 1. The maximum absolute atomic E-state index is 11.7. The number of hydrogen-bond donors (Lipinski definition) is 4. The highest BCUT2D eigenvalue weighted by Gasteiger charge is 2.37. The Morgan fingerprint density at radius 3 is 2.90 bits per heavy atom. The molecule has 0 spiro atoms. The molecule has 3 rings (SSSR count). The number of rotatable bonds is 2. The van der Waals surface area contributed by atoms with Gasteiger partial charge in [-0.25, -0.2) is 4.98 Å². The van der Waals surface area contributed by atoms with Crippen molar-refractivity contribution in [3.8, 4) is 0 Å². The Labute approximate surface area is 119 Å². The van der Waals surface area contributed by atoms with Gasteiger partial charge in [-0.05, 0) is 12.0 Å². The molecule has 3 atom stereocenters. The van der Waals surface area contributed by atoms with E-state index in [4.69, 9.17) is 5.73 Å². The van der Waals surface area contributed by atoms with Crippen molar-refractivity contribution in [1.29, 1.82) is 0 Å². The monoisotopic (exact) mass is 295 g/mol. The predicted molar refractivity (Wildman–Crippen MR) is 75.6 cm³/mol. The molecule has 1 fully saturated rings.